The Morgan fingerprint density at radius 2 is 1.53 bits per heavy atom. The molecule has 0 amide bonds. The van der Waals surface area contributed by atoms with Crippen LogP contribution >= 0.6 is 0 Å². The first-order valence-electron chi connectivity index (χ1n) is 9.77. The molecule has 0 radical (unpaired) electrons. The van der Waals surface area contributed by atoms with Gasteiger partial charge in [-0.15, -0.1) is 0 Å². The maximum atomic E-state index is 13.3. The molecule has 0 spiro atoms. The van der Waals surface area contributed by atoms with Crippen molar-refractivity contribution < 1.29 is 53.5 Å². The minimum absolute atomic E-state index is 0. The average Bonchev–Trinajstić information content (AvgIpc) is 3.20. The monoisotopic (exact) mass is 458 g/mol. The number of rotatable bonds is 3. The van der Waals surface area contributed by atoms with E-state index in [2.05, 4.69) is 5.32 Å². The second kappa shape index (κ2) is 8.13. The Labute approximate surface area is 208 Å². The van der Waals surface area contributed by atoms with Crippen molar-refractivity contribution in [2.24, 2.45) is 0 Å². The van der Waals surface area contributed by atoms with E-state index in [0.717, 1.165) is 25.3 Å². The van der Waals surface area contributed by atoms with E-state index >= 15 is 0 Å². The van der Waals surface area contributed by atoms with Gasteiger partial charge >= 0.3 is 29.6 Å². The van der Waals surface area contributed by atoms with Crippen LogP contribution in [-0.2, 0) is 23.0 Å². The topological polar surface area (TPSA) is 127 Å². The summed E-state index contributed by atoms with van der Waals surface area (Å²) in [6.07, 6.45) is 3.00. The number of nitrogens with two attached hydrogens (primary N) is 1. The van der Waals surface area contributed by atoms with Crippen LogP contribution < -0.4 is 40.6 Å². The molecular weight excluding hydrogens is 439 g/mol. The van der Waals surface area contributed by atoms with Crippen molar-refractivity contribution in [1.82, 2.24) is 0 Å². The van der Waals surface area contributed by atoms with Crippen molar-refractivity contribution in [3.05, 3.63) is 81.9 Å². The molecule has 2 aliphatic rings. The number of carbonyl (C=O) groups excluding carboxylic acids is 2. The van der Waals surface area contributed by atoms with Crippen molar-refractivity contribution in [2.75, 3.05) is 11.1 Å². The summed E-state index contributed by atoms with van der Waals surface area (Å²) in [5, 5.41) is 3.08. The number of fused-ring (bicyclic) bond motifs is 3. The van der Waals surface area contributed by atoms with E-state index in [1.807, 2.05) is 18.2 Å². The van der Waals surface area contributed by atoms with Crippen molar-refractivity contribution in [3.8, 4) is 0 Å². The Balaban J connectivity index is 0.00000153. The molecule has 32 heavy (non-hydrogen) atoms. The number of ketones is 2. The summed E-state index contributed by atoms with van der Waals surface area (Å²) in [4.78, 5) is 25.9. The van der Waals surface area contributed by atoms with Crippen molar-refractivity contribution in [2.45, 2.75) is 24.2 Å². The third-order valence-corrected chi connectivity index (χ3v) is 6.75. The number of carbonyl (C=O) groups is 2. The Morgan fingerprint density at radius 3 is 2.19 bits per heavy atom. The first-order chi connectivity index (χ1) is 14.8. The molecule has 0 bridgehead atoms. The van der Waals surface area contributed by atoms with Crippen LogP contribution in [0.5, 0.6) is 0 Å². The summed E-state index contributed by atoms with van der Waals surface area (Å²) < 4.78 is 33.7. The van der Waals surface area contributed by atoms with Crippen molar-refractivity contribution in [3.63, 3.8) is 0 Å². The number of anilines is 3. The fourth-order valence-corrected chi connectivity index (χ4v) is 5.06. The second-order valence-corrected chi connectivity index (χ2v) is 9.12. The molecule has 3 aromatic carbocycles. The Kier molecular flexibility index (Phi) is 5.77. The van der Waals surface area contributed by atoms with E-state index in [1.165, 1.54) is 17.2 Å². The van der Waals surface area contributed by atoms with Gasteiger partial charge in [-0.05, 0) is 48.6 Å². The van der Waals surface area contributed by atoms with Gasteiger partial charge in [0, 0.05) is 16.8 Å². The van der Waals surface area contributed by atoms with Crippen molar-refractivity contribution >= 4 is 38.7 Å². The second-order valence-electron chi connectivity index (χ2n) is 7.73. The van der Waals surface area contributed by atoms with Crippen LogP contribution in [-0.4, -0.2) is 24.5 Å². The van der Waals surface area contributed by atoms with Crippen LogP contribution in [0.25, 0.3) is 0 Å². The van der Waals surface area contributed by atoms with Gasteiger partial charge in [0.05, 0.1) is 22.5 Å². The number of nitrogen functional groups attached to an aromatic ring is 1. The van der Waals surface area contributed by atoms with Gasteiger partial charge in [-0.1, -0.05) is 30.3 Å². The van der Waals surface area contributed by atoms with Gasteiger partial charge in [0.1, 0.15) is 4.90 Å². The summed E-state index contributed by atoms with van der Waals surface area (Å²) >= 11 is 0. The summed E-state index contributed by atoms with van der Waals surface area (Å²) in [6, 6.07) is 13.2. The molecule has 0 atom stereocenters. The molecule has 0 unspecified atom stereocenters. The number of nitrogens with one attached hydrogen (secondary N) is 1. The fourth-order valence-electron chi connectivity index (χ4n) is 4.41. The molecule has 0 fully saturated rings. The van der Waals surface area contributed by atoms with Crippen LogP contribution in [0, 0.1) is 0 Å². The molecule has 0 aromatic heterocycles. The number of hydrogen-bond acceptors (Lipinski definition) is 6. The molecule has 2 aliphatic carbocycles. The largest absolute Gasteiger partial charge is 1.00 e. The summed E-state index contributed by atoms with van der Waals surface area (Å²) in [7, 11) is -4.74. The Hall–Kier alpha value is -2.49. The zero-order chi connectivity index (χ0) is 21.9. The van der Waals surface area contributed by atoms with Crippen LogP contribution in [0.1, 0.15) is 50.8 Å². The quantitative estimate of drug-likeness (QED) is 0.234. The first-order valence-corrected chi connectivity index (χ1v) is 11.2. The molecule has 0 heterocycles. The van der Waals surface area contributed by atoms with E-state index in [4.69, 9.17) is 5.73 Å². The van der Waals surface area contributed by atoms with E-state index in [9.17, 15) is 22.6 Å². The smallest absolute Gasteiger partial charge is 1.00 e. The fraction of sp³-hybridized carbons (Fsp3) is 0.130. The van der Waals surface area contributed by atoms with E-state index in [0.29, 0.717) is 5.69 Å². The molecule has 0 saturated heterocycles. The predicted octanol–water partition coefficient (Wildman–Crippen LogP) is 0.640. The third kappa shape index (κ3) is 3.58. The predicted molar refractivity (Wildman–Crippen MR) is 117 cm³/mol. The number of benzene rings is 3. The third-order valence-electron chi connectivity index (χ3n) is 5.86. The SMILES string of the molecule is Nc1c(S(=O)(=O)O)cc(Nc2ccc3c(c2)CCC3)c2c1C(=O)c1ccccc1C2=O.[H-].[Na+]. The van der Waals surface area contributed by atoms with Gasteiger partial charge < -0.3 is 12.5 Å². The summed E-state index contributed by atoms with van der Waals surface area (Å²) in [6.45, 7) is 0. The molecule has 0 saturated carbocycles. The molecule has 9 heteroatoms. The summed E-state index contributed by atoms with van der Waals surface area (Å²) in [5.41, 5.74) is 8.87. The number of aryl methyl sites for hydroxylation is 2. The van der Waals surface area contributed by atoms with E-state index in [-0.39, 0.29) is 58.9 Å². The van der Waals surface area contributed by atoms with Gasteiger partial charge in [0.2, 0.25) is 0 Å². The van der Waals surface area contributed by atoms with Gasteiger partial charge in [-0.2, -0.15) is 8.42 Å². The number of hydrogen-bond donors (Lipinski definition) is 3. The summed E-state index contributed by atoms with van der Waals surface area (Å²) in [5.74, 6) is -1.01. The molecular formula is C23H19N2NaO5S. The normalized spacial score (nSPS) is 14.3. The standard InChI is InChI=1S/C23H18N2O5S.Na.H/c24-21-18(31(28,29)30)11-17(25-14-9-8-12-4-3-5-13(12)10-14)19-20(21)23(27)16-7-2-1-6-15(16)22(19)26;;/h1-2,6-11,25H,3-5,24H2,(H,28,29,30);;/q;+1;-1. The van der Waals surface area contributed by atoms with E-state index in [1.54, 1.807) is 18.2 Å². The van der Waals surface area contributed by atoms with Gasteiger partial charge in [0.15, 0.2) is 11.6 Å². The molecule has 158 valence electrons. The van der Waals surface area contributed by atoms with Gasteiger partial charge in [0.25, 0.3) is 10.1 Å². The molecule has 3 aromatic rings. The average molecular weight is 458 g/mol. The zero-order valence-electron chi connectivity index (χ0n) is 18.3. The zero-order valence-corrected chi connectivity index (χ0v) is 20.1. The van der Waals surface area contributed by atoms with Gasteiger partial charge in [-0.25, -0.2) is 0 Å². The van der Waals surface area contributed by atoms with Crippen LogP contribution in [0.2, 0.25) is 0 Å². The van der Waals surface area contributed by atoms with Crippen molar-refractivity contribution in [1.29, 1.82) is 0 Å². The van der Waals surface area contributed by atoms with Crippen LogP contribution in [0.3, 0.4) is 0 Å². The molecule has 0 aliphatic heterocycles. The van der Waals surface area contributed by atoms with Gasteiger partial charge in [-0.3, -0.25) is 14.1 Å². The molecule has 7 nitrogen and oxygen atoms in total. The maximum absolute atomic E-state index is 13.3. The molecule has 5 rings (SSSR count). The molecule has 4 N–H and O–H groups in total. The maximum Gasteiger partial charge on any atom is 1.00 e. The minimum Gasteiger partial charge on any atom is -1.00 e. The Bertz CT molecular complexity index is 1420. The minimum atomic E-state index is -4.74. The van der Waals surface area contributed by atoms with E-state index < -0.39 is 32.3 Å². The van der Waals surface area contributed by atoms with Crippen LogP contribution in [0.15, 0.2) is 53.4 Å². The van der Waals surface area contributed by atoms with Crippen LogP contribution in [0.4, 0.5) is 17.1 Å². The Morgan fingerprint density at radius 1 is 0.906 bits per heavy atom. The first kappa shape index (κ1) is 22.7.